The van der Waals surface area contributed by atoms with E-state index >= 15 is 0 Å². The molecule has 0 bridgehead atoms. The summed E-state index contributed by atoms with van der Waals surface area (Å²) in [5.41, 5.74) is 1.55. The molecule has 21 heavy (non-hydrogen) atoms. The Labute approximate surface area is 129 Å². The number of benzene rings is 2. The molecule has 102 valence electrons. The smallest absolute Gasteiger partial charge is 0.233 e. The standard InChI is InChI=1S/C17H10BrNO2/c18-14-9-13-8-12(6-7-15(13)19-10-14)17(21)16(20)11-4-2-1-3-5-11/h1-10H. The molecule has 0 atom stereocenters. The Kier molecular flexibility index (Phi) is 3.62. The van der Waals surface area contributed by atoms with Crippen LogP contribution < -0.4 is 0 Å². The van der Waals surface area contributed by atoms with Gasteiger partial charge in [-0.2, -0.15) is 0 Å². The molecule has 3 rings (SSSR count). The van der Waals surface area contributed by atoms with Crippen LogP contribution in [0.4, 0.5) is 0 Å². The maximum atomic E-state index is 12.3. The highest BCUT2D eigenvalue weighted by molar-refractivity contribution is 9.10. The minimum Gasteiger partial charge on any atom is -0.285 e. The first-order valence-electron chi connectivity index (χ1n) is 6.34. The Hall–Kier alpha value is -2.33. The Balaban J connectivity index is 2.00. The van der Waals surface area contributed by atoms with E-state index in [9.17, 15) is 9.59 Å². The third-order valence-corrected chi connectivity index (χ3v) is 3.59. The van der Waals surface area contributed by atoms with Gasteiger partial charge < -0.3 is 0 Å². The van der Waals surface area contributed by atoms with Crippen molar-refractivity contribution in [1.82, 2.24) is 4.98 Å². The molecule has 0 fully saturated rings. The summed E-state index contributed by atoms with van der Waals surface area (Å²) in [6.07, 6.45) is 1.69. The van der Waals surface area contributed by atoms with Crippen molar-refractivity contribution in [3.05, 3.63) is 76.4 Å². The first kappa shape index (κ1) is 13.6. The van der Waals surface area contributed by atoms with Gasteiger partial charge in [0.25, 0.3) is 0 Å². The number of aromatic nitrogens is 1. The van der Waals surface area contributed by atoms with E-state index in [4.69, 9.17) is 0 Å². The minimum absolute atomic E-state index is 0.372. The number of pyridine rings is 1. The maximum absolute atomic E-state index is 12.3. The van der Waals surface area contributed by atoms with Gasteiger partial charge in [-0.25, -0.2) is 0 Å². The fourth-order valence-corrected chi connectivity index (χ4v) is 2.45. The van der Waals surface area contributed by atoms with Gasteiger partial charge in [0.2, 0.25) is 11.6 Å². The molecule has 3 nitrogen and oxygen atoms in total. The van der Waals surface area contributed by atoms with Gasteiger partial charge in [-0.05, 0) is 40.2 Å². The van der Waals surface area contributed by atoms with Gasteiger partial charge in [-0.3, -0.25) is 14.6 Å². The molecule has 3 aromatic rings. The number of carbonyl (C=O) groups is 2. The lowest BCUT2D eigenvalue weighted by molar-refractivity contribution is 0.0817. The third-order valence-electron chi connectivity index (χ3n) is 3.15. The second-order valence-corrected chi connectivity index (χ2v) is 5.50. The van der Waals surface area contributed by atoms with E-state index in [1.807, 2.05) is 6.07 Å². The molecule has 0 aliphatic rings. The van der Waals surface area contributed by atoms with Crippen LogP contribution in [0.15, 0.2) is 65.3 Å². The zero-order valence-electron chi connectivity index (χ0n) is 10.9. The van der Waals surface area contributed by atoms with Crippen LogP contribution in [-0.2, 0) is 0 Å². The lowest BCUT2D eigenvalue weighted by Crippen LogP contribution is -2.14. The molecule has 0 saturated carbocycles. The number of hydrogen-bond donors (Lipinski definition) is 0. The molecule has 0 aliphatic carbocycles. The van der Waals surface area contributed by atoms with Gasteiger partial charge in [0.1, 0.15) is 0 Å². The second-order valence-electron chi connectivity index (χ2n) is 4.59. The minimum atomic E-state index is -0.511. The number of nitrogens with zero attached hydrogens (tertiary/aromatic N) is 1. The van der Waals surface area contributed by atoms with E-state index in [1.54, 1.807) is 54.7 Å². The van der Waals surface area contributed by atoms with Crippen molar-refractivity contribution in [2.75, 3.05) is 0 Å². The molecule has 1 aromatic heterocycles. The maximum Gasteiger partial charge on any atom is 0.233 e. The van der Waals surface area contributed by atoms with Gasteiger partial charge in [0.05, 0.1) is 5.52 Å². The van der Waals surface area contributed by atoms with Crippen LogP contribution in [0.2, 0.25) is 0 Å². The molecule has 0 spiro atoms. The van der Waals surface area contributed by atoms with Crippen LogP contribution in [0, 0.1) is 0 Å². The van der Waals surface area contributed by atoms with Crippen molar-refractivity contribution in [2.45, 2.75) is 0 Å². The summed E-state index contributed by atoms with van der Waals surface area (Å²) >= 11 is 3.35. The molecule has 0 unspecified atom stereocenters. The van der Waals surface area contributed by atoms with E-state index in [2.05, 4.69) is 20.9 Å². The number of ketones is 2. The van der Waals surface area contributed by atoms with Crippen LogP contribution in [0.25, 0.3) is 10.9 Å². The average molecular weight is 340 g/mol. The summed E-state index contributed by atoms with van der Waals surface area (Å²) in [4.78, 5) is 28.7. The number of halogens is 1. The van der Waals surface area contributed by atoms with Crippen molar-refractivity contribution >= 4 is 38.4 Å². The van der Waals surface area contributed by atoms with Crippen molar-refractivity contribution in [3.63, 3.8) is 0 Å². The Morgan fingerprint density at radius 2 is 1.57 bits per heavy atom. The SMILES string of the molecule is O=C(C(=O)c1ccc2ncc(Br)cc2c1)c1ccccc1. The van der Waals surface area contributed by atoms with E-state index in [0.29, 0.717) is 11.1 Å². The number of fused-ring (bicyclic) bond motifs is 1. The lowest BCUT2D eigenvalue weighted by Gasteiger charge is -2.03. The molecule has 0 radical (unpaired) electrons. The fourth-order valence-electron chi connectivity index (χ4n) is 2.10. The molecule has 0 amide bonds. The molecule has 0 N–H and O–H groups in total. The molecule has 2 aromatic carbocycles. The van der Waals surface area contributed by atoms with E-state index in [1.165, 1.54) is 0 Å². The molecular weight excluding hydrogens is 330 g/mol. The predicted molar refractivity (Wildman–Crippen MR) is 84.5 cm³/mol. The van der Waals surface area contributed by atoms with Crippen LogP contribution in [-0.4, -0.2) is 16.6 Å². The summed E-state index contributed by atoms with van der Waals surface area (Å²) in [5.74, 6) is -1.01. The third kappa shape index (κ3) is 2.76. The Morgan fingerprint density at radius 1 is 0.857 bits per heavy atom. The highest BCUT2D eigenvalue weighted by Crippen LogP contribution is 2.19. The van der Waals surface area contributed by atoms with Crippen molar-refractivity contribution in [3.8, 4) is 0 Å². The average Bonchev–Trinajstić information content (AvgIpc) is 2.53. The van der Waals surface area contributed by atoms with E-state index in [0.717, 1.165) is 15.4 Å². The summed E-state index contributed by atoms with van der Waals surface area (Å²) in [7, 11) is 0. The van der Waals surface area contributed by atoms with Gasteiger partial charge in [-0.15, -0.1) is 0 Å². The summed E-state index contributed by atoms with van der Waals surface area (Å²) in [6.45, 7) is 0. The first-order chi connectivity index (χ1) is 10.1. The summed E-state index contributed by atoms with van der Waals surface area (Å²) in [5, 5.41) is 0.816. The van der Waals surface area contributed by atoms with Gasteiger partial charge in [0, 0.05) is 27.2 Å². The molecular formula is C17H10BrNO2. The number of Topliss-reactive ketones (excluding diaryl/α,β-unsaturated/α-hetero) is 2. The van der Waals surface area contributed by atoms with Crippen LogP contribution >= 0.6 is 15.9 Å². The largest absolute Gasteiger partial charge is 0.285 e. The van der Waals surface area contributed by atoms with Crippen LogP contribution in [0.1, 0.15) is 20.7 Å². The quantitative estimate of drug-likeness (QED) is 0.534. The topological polar surface area (TPSA) is 47.0 Å². The van der Waals surface area contributed by atoms with Crippen LogP contribution in [0.3, 0.4) is 0 Å². The molecule has 0 saturated heterocycles. The van der Waals surface area contributed by atoms with Crippen LogP contribution in [0.5, 0.6) is 0 Å². The predicted octanol–water partition coefficient (Wildman–Crippen LogP) is 4.06. The Morgan fingerprint density at radius 3 is 2.33 bits per heavy atom. The zero-order chi connectivity index (χ0) is 14.8. The Bertz CT molecular complexity index is 844. The van der Waals surface area contributed by atoms with Crippen molar-refractivity contribution in [1.29, 1.82) is 0 Å². The summed E-state index contributed by atoms with van der Waals surface area (Å²) < 4.78 is 0.828. The van der Waals surface area contributed by atoms with Crippen molar-refractivity contribution < 1.29 is 9.59 Å². The van der Waals surface area contributed by atoms with Gasteiger partial charge >= 0.3 is 0 Å². The monoisotopic (exact) mass is 339 g/mol. The fraction of sp³-hybridized carbons (Fsp3) is 0. The molecule has 0 aliphatic heterocycles. The van der Waals surface area contributed by atoms with E-state index in [-0.39, 0.29) is 0 Å². The summed E-state index contributed by atoms with van der Waals surface area (Å²) in [6, 6.07) is 15.5. The number of hydrogen-bond acceptors (Lipinski definition) is 3. The highest BCUT2D eigenvalue weighted by Gasteiger charge is 2.18. The van der Waals surface area contributed by atoms with E-state index < -0.39 is 11.6 Å². The number of carbonyl (C=O) groups excluding carboxylic acids is 2. The van der Waals surface area contributed by atoms with Gasteiger partial charge in [0.15, 0.2) is 0 Å². The molecule has 4 heteroatoms. The second kappa shape index (κ2) is 5.58. The van der Waals surface area contributed by atoms with Crippen molar-refractivity contribution in [2.24, 2.45) is 0 Å². The zero-order valence-corrected chi connectivity index (χ0v) is 12.5. The highest BCUT2D eigenvalue weighted by atomic mass is 79.9. The molecule has 1 heterocycles. The lowest BCUT2D eigenvalue weighted by atomic mass is 10.0. The first-order valence-corrected chi connectivity index (χ1v) is 7.14. The number of rotatable bonds is 3. The van der Waals surface area contributed by atoms with Gasteiger partial charge in [-0.1, -0.05) is 30.3 Å². The normalized spacial score (nSPS) is 10.5.